The van der Waals surface area contributed by atoms with Gasteiger partial charge in [0.1, 0.15) is 18.1 Å². The molecule has 12 nitrogen and oxygen atoms in total. The van der Waals surface area contributed by atoms with E-state index in [0.29, 0.717) is 18.2 Å². The van der Waals surface area contributed by atoms with Crippen molar-refractivity contribution in [2.45, 2.75) is 32.9 Å². The van der Waals surface area contributed by atoms with Crippen LogP contribution in [0.3, 0.4) is 0 Å². The van der Waals surface area contributed by atoms with Crippen LogP contribution in [-0.2, 0) is 35.6 Å². The minimum atomic E-state index is -3.18. The number of carbonyl (C=O) groups excluding carboxylic acids is 2. The van der Waals surface area contributed by atoms with Gasteiger partial charge in [0.25, 0.3) is 5.56 Å². The molecule has 4 rings (SSSR count). The third kappa shape index (κ3) is 4.78. The maximum atomic E-state index is 13.3. The summed E-state index contributed by atoms with van der Waals surface area (Å²) in [7, 11) is 1.41. The summed E-state index contributed by atoms with van der Waals surface area (Å²) in [6.07, 6.45) is 3.67. The number of hydrogen-bond acceptors (Lipinski definition) is 8. The number of halogens is 2. The number of aromatic nitrogens is 7. The van der Waals surface area contributed by atoms with Gasteiger partial charge in [0, 0.05) is 31.9 Å². The van der Waals surface area contributed by atoms with Gasteiger partial charge >= 0.3 is 11.6 Å². The van der Waals surface area contributed by atoms with Crippen molar-refractivity contribution < 1.29 is 18.4 Å². The number of imidazole rings is 1. The first-order valence-electron chi connectivity index (χ1n) is 10.6. The summed E-state index contributed by atoms with van der Waals surface area (Å²) in [6.45, 7) is 1.20. The average Bonchev–Trinajstić information content (AvgIpc) is 3.23. The topological polar surface area (TPSA) is 147 Å². The number of aryl methyl sites for hydroxylation is 1. The Hall–Kier alpha value is -4.62. The van der Waals surface area contributed by atoms with E-state index < -0.39 is 35.4 Å². The Morgan fingerprint density at radius 1 is 1.08 bits per heavy atom. The molecular formula is C22H20F2N8O4. The summed E-state index contributed by atoms with van der Waals surface area (Å²) in [5.74, 6) is -4.58. The molecule has 4 heterocycles. The molecule has 0 unspecified atom stereocenters. The molecule has 14 heteroatoms. The van der Waals surface area contributed by atoms with Crippen molar-refractivity contribution in [1.82, 2.24) is 33.6 Å². The summed E-state index contributed by atoms with van der Waals surface area (Å²) >= 11 is 0. The Balaban J connectivity index is 1.58. The van der Waals surface area contributed by atoms with Crippen LogP contribution in [0.2, 0.25) is 0 Å². The fraction of sp³-hybridized carbons (Fsp3) is 0.273. The van der Waals surface area contributed by atoms with E-state index >= 15 is 0 Å². The summed E-state index contributed by atoms with van der Waals surface area (Å²) in [5.41, 5.74) is -0.674. The van der Waals surface area contributed by atoms with E-state index in [9.17, 15) is 28.0 Å². The maximum absolute atomic E-state index is 13.3. The van der Waals surface area contributed by atoms with E-state index in [0.717, 1.165) is 9.13 Å². The number of fused-ring (bicyclic) bond motifs is 1. The molecule has 4 aromatic heterocycles. The average molecular weight is 498 g/mol. The largest absolute Gasteiger partial charge is 0.332 e. The zero-order valence-electron chi connectivity index (χ0n) is 19.4. The van der Waals surface area contributed by atoms with Crippen molar-refractivity contribution >= 4 is 28.7 Å². The lowest BCUT2D eigenvalue weighted by Crippen LogP contribution is -2.41. The highest BCUT2D eigenvalue weighted by atomic mass is 19.3. The SMILES string of the molecule is CC(=O)Cn1c(=O)c2c(ncn2CC(=O)Nc2cccc(-c3cnc(C(C)(F)F)nc3)n2)n(C)c1=O. The van der Waals surface area contributed by atoms with E-state index in [1.807, 2.05) is 0 Å². The molecule has 0 aliphatic rings. The first-order valence-corrected chi connectivity index (χ1v) is 10.6. The van der Waals surface area contributed by atoms with Gasteiger partial charge in [0.15, 0.2) is 17.0 Å². The lowest BCUT2D eigenvalue weighted by atomic mass is 10.2. The van der Waals surface area contributed by atoms with Gasteiger partial charge in [-0.05, 0) is 19.1 Å². The predicted molar refractivity (Wildman–Crippen MR) is 123 cm³/mol. The van der Waals surface area contributed by atoms with E-state index in [-0.39, 0.29) is 29.3 Å². The number of hydrogen-bond donors (Lipinski definition) is 1. The molecule has 186 valence electrons. The Labute approximate surface area is 201 Å². The Morgan fingerprint density at radius 2 is 1.78 bits per heavy atom. The van der Waals surface area contributed by atoms with Crippen LogP contribution in [0.15, 0.2) is 46.5 Å². The van der Waals surface area contributed by atoms with Crippen molar-refractivity contribution in [2.24, 2.45) is 7.05 Å². The monoisotopic (exact) mass is 498 g/mol. The van der Waals surface area contributed by atoms with Crippen molar-refractivity contribution in [1.29, 1.82) is 0 Å². The number of nitrogens with one attached hydrogen (secondary N) is 1. The molecule has 1 amide bonds. The zero-order valence-corrected chi connectivity index (χ0v) is 19.4. The molecule has 0 bridgehead atoms. The Kier molecular flexibility index (Phi) is 6.26. The minimum Gasteiger partial charge on any atom is -0.315 e. The highest BCUT2D eigenvalue weighted by Gasteiger charge is 2.27. The van der Waals surface area contributed by atoms with E-state index in [1.54, 1.807) is 12.1 Å². The molecule has 36 heavy (non-hydrogen) atoms. The third-order valence-electron chi connectivity index (χ3n) is 5.15. The molecule has 0 spiro atoms. The summed E-state index contributed by atoms with van der Waals surface area (Å²) in [6, 6.07) is 4.72. The normalized spacial score (nSPS) is 11.6. The quantitative estimate of drug-likeness (QED) is 0.398. The summed E-state index contributed by atoms with van der Waals surface area (Å²) in [4.78, 5) is 65.2. The fourth-order valence-corrected chi connectivity index (χ4v) is 3.49. The van der Waals surface area contributed by atoms with Gasteiger partial charge in [-0.3, -0.25) is 23.5 Å². The third-order valence-corrected chi connectivity index (χ3v) is 5.15. The van der Waals surface area contributed by atoms with Gasteiger partial charge in [-0.25, -0.2) is 24.7 Å². The van der Waals surface area contributed by atoms with Crippen LogP contribution < -0.4 is 16.6 Å². The number of rotatable bonds is 7. The van der Waals surface area contributed by atoms with E-state index in [1.165, 1.54) is 43.3 Å². The minimum absolute atomic E-state index is 0.0137. The summed E-state index contributed by atoms with van der Waals surface area (Å²) < 4.78 is 29.9. The fourth-order valence-electron chi connectivity index (χ4n) is 3.49. The van der Waals surface area contributed by atoms with Gasteiger partial charge < -0.3 is 9.88 Å². The highest BCUT2D eigenvalue weighted by molar-refractivity contribution is 5.90. The van der Waals surface area contributed by atoms with Crippen LogP contribution in [0.1, 0.15) is 19.7 Å². The van der Waals surface area contributed by atoms with E-state index in [4.69, 9.17) is 0 Å². The number of anilines is 1. The Bertz CT molecular complexity index is 1600. The number of amides is 1. The zero-order chi connectivity index (χ0) is 26.2. The maximum Gasteiger partial charge on any atom is 0.332 e. The second-order valence-corrected chi connectivity index (χ2v) is 8.12. The number of pyridine rings is 1. The number of Topliss-reactive ketones (excluding diaryl/α,β-unsaturated/α-hetero) is 1. The standard InChI is InChI=1S/C22H20F2N8O4/c1-12(33)9-32-19(35)17-18(30(3)21(32)36)27-11-31(17)10-16(34)29-15-6-4-5-14(28-15)13-7-25-20(26-8-13)22(2,23)24/h4-8,11H,9-10H2,1-3H3,(H,28,29,34). The second kappa shape index (κ2) is 9.20. The highest BCUT2D eigenvalue weighted by Crippen LogP contribution is 2.24. The second-order valence-electron chi connectivity index (χ2n) is 8.12. The van der Waals surface area contributed by atoms with Crippen molar-refractivity contribution in [3.8, 4) is 11.3 Å². The van der Waals surface area contributed by atoms with Crippen LogP contribution >= 0.6 is 0 Å². The predicted octanol–water partition coefficient (Wildman–Crippen LogP) is 1.09. The molecule has 0 aromatic carbocycles. The number of alkyl halides is 2. The molecule has 0 aliphatic carbocycles. The van der Waals surface area contributed by atoms with Gasteiger partial charge in [-0.15, -0.1) is 0 Å². The van der Waals surface area contributed by atoms with Gasteiger partial charge in [-0.2, -0.15) is 8.78 Å². The molecule has 0 aliphatic heterocycles. The van der Waals surface area contributed by atoms with Gasteiger partial charge in [0.05, 0.1) is 18.6 Å². The van der Waals surface area contributed by atoms with Crippen LogP contribution in [0.5, 0.6) is 0 Å². The van der Waals surface area contributed by atoms with Crippen molar-refractivity contribution in [3.05, 3.63) is 63.6 Å². The summed E-state index contributed by atoms with van der Waals surface area (Å²) in [5, 5.41) is 2.59. The molecule has 0 fully saturated rings. The first kappa shape index (κ1) is 24.5. The van der Waals surface area contributed by atoms with Crippen molar-refractivity contribution in [2.75, 3.05) is 5.32 Å². The van der Waals surface area contributed by atoms with E-state index in [2.05, 4.69) is 25.3 Å². The Morgan fingerprint density at radius 3 is 2.42 bits per heavy atom. The van der Waals surface area contributed by atoms with Crippen LogP contribution in [0, 0.1) is 0 Å². The van der Waals surface area contributed by atoms with Crippen LogP contribution in [0.4, 0.5) is 14.6 Å². The molecule has 0 saturated carbocycles. The number of nitrogens with zero attached hydrogens (tertiary/aromatic N) is 7. The molecule has 0 atom stereocenters. The molecule has 0 saturated heterocycles. The smallest absolute Gasteiger partial charge is 0.315 e. The van der Waals surface area contributed by atoms with Crippen LogP contribution in [0.25, 0.3) is 22.4 Å². The molecule has 1 N–H and O–H groups in total. The van der Waals surface area contributed by atoms with Gasteiger partial charge in [-0.1, -0.05) is 6.07 Å². The molecular weight excluding hydrogens is 478 g/mol. The molecule has 0 radical (unpaired) electrons. The molecule has 4 aromatic rings. The van der Waals surface area contributed by atoms with Crippen molar-refractivity contribution in [3.63, 3.8) is 0 Å². The lowest BCUT2D eigenvalue weighted by Gasteiger charge is -2.10. The number of carbonyl (C=O) groups is 2. The van der Waals surface area contributed by atoms with Gasteiger partial charge in [0.2, 0.25) is 5.91 Å². The lowest BCUT2D eigenvalue weighted by molar-refractivity contribution is -0.118. The number of ketones is 1. The van der Waals surface area contributed by atoms with Crippen LogP contribution in [-0.4, -0.2) is 45.3 Å². The first-order chi connectivity index (χ1) is 17.0.